The molecule has 1 aromatic rings. The van der Waals surface area contributed by atoms with Crippen molar-refractivity contribution in [3.63, 3.8) is 0 Å². The molecule has 1 fully saturated rings. The van der Waals surface area contributed by atoms with E-state index in [9.17, 15) is 0 Å². The number of aromatic nitrogens is 1. The molecule has 0 aliphatic carbocycles. The molecule has 0 spiro atoms. The molecule has 0 saturated carbocycles. The van der Waals surface area contributed by atoms with Gasteiger partial charge >= 0.3 is 0 Å². The molecule has 1 aromatic heterocycles. The molecule has 88 valence electrons. The van der Waals surface area contributed by atoms with E-state index in [0.29, 0.717) is 5.82 Å². The second-order valence-electron chi connectivity index (χ2n) is 4.17. The largest absolute Gasteiger partial charge is 0.491 e. The molecule has 2 rings (SSSR count). The SMILES string of the molecule is Nc1ccc(OCCN2CCCCC2)cn1. The maximum Gasteiger partial charge on any atom is 0.137 e. The lowest BCUT2D eigenvalue weighted by Crippen LogP contribution is -2.33. The molecule has 1 aliphatic heterocycles. The Balaban J connectivity index is 1.69. The van der Waals surface area contributed by atoms with Crippen LogP contribution in [0, 0.1) is 0 Å². The van der Waals surface area contributed by atoms with Crippen LogP contribution in [0.5, 0.6) is 5.75 Å². The van der Waals surface area contributed by atoms with E-state index in [2.05, 4.69) is 9.88 Å². The number of rotatable bonds is 4. The van der Waals surface area contributed by atoms with Crippen molar-refractivity contribution in [1.82, 2.24) is 9.88 Å². The standard InChI is InChI=1S/C12H19N3O/c13-12-5-4-11(10-14-12)16-9-8-15-6-2-1-3-7-15/h4-5,10H,1-3,6-9H2,(H2,13,14). The van der Waals surface area contributed by atoms with Crippen LogP contribution in [0.3, 0.4) is 0 Å². The van der Waals surface area contributed by atoms with Gasteiger partial charge in [0.25, 0.3) is 0 Å². The first-order valence-corrected chi connectivity index (χ1v) is 5.91. The van der Waals surface area contributed by atoms with Gasteiger partial charge in [0, 0.05) is 6.54 Å². The van der Waals surface area contributed by atoms with Crippen molar-refractivity contribution in [2.75, 3.05) is 32.0 Å². The first-order valence-electron chi connectivity index (χ1n) is 5.91. The Kier molecular flexibility index (Phi) is 3.99. The van der Waals surface area contributed by atoms with Crippen LogP contribution in [0.4, 0.5) is 5.82 Å². The summed E-state index contributed by atoms with van der Waals surface area (Å²) < 4.78 is 5.60. The van der Waals surface area contributed by atoms with Crippen LogP contribution in [0.2, 0.25) is 0 Å². The van der Waals surface area contributed by atoms with Crippen LogP contribution in [-0.4, -0.2) is 36.1 Å². The fourth-order valence-electron chi connectivity index (χ4n) is 1.95. The molecule has 4 nitrogen and oxygen atoms in total. The van der Waals surface area contributed by atoms with Gasteiger partial charge in [0.2, 0.25) is 0 Å². The number of hydrogen-bond donors (Lipinski definition) is 1. The van der Waals surface area contributed by atoms with Crippen LogP contribution in [0.15, 0.2) is 18.3 Å². The van der Waals surface area contributed by atoms with Gasteiger partial charge in [0.05, 0.1) is 6.20 Å². The van der Waals surface area contributed by atoms with Gasteiger partial charge in [-0.3, -0.25) is 4.90 Å². The summed E-state index contributed by atoms with van der Waals surface area (Å²) in [6.45, 7) is 4.16. The van der Waals surface area contributed by atoms with E-state index in [1.54, 1.807) is 12.3 Å². The third-order valence-electron chi connectivity index (χ3n) is 2.88. The normalized spacial score (nSPS) is 17.2. The minimum Gasteiger partial charge on any atom is -0.491 e. The van der Waals surface area contributed by atoms with E-state index < -0.39 is 0 Å². The molecule has 0 atom stereocenters. The first-order chi connectivity index (χ1) is 7.84. The maximum absolute atomic E-state index is 5.60. The van der Waals surface area contributed by atoms with Crippen molar-refractivity contribution in [2.24, 2.45) is 0 Å². The fraction of sp³-hybridized carbons (Fsp3) is 0.583. The van der Waals surface area contributed by atoms with Gasteiger partial charge in [-0.05, 0) is 38.1 Å². The van der Waals surface area contributed by atoms with Crippen LogP contribution in [0.1, 0.15) is 19.3 Å². The van der Waals surface area contributed by atoms with Crippen molar-refractivity contribution >= 4 is 5.82 Å². The number of hydrogen-bond acceptors (Lipinski definition) is 4. The molecule has 0 bridgehead atoms. The average molecular weight is 221 g/mol. The zero-order chi connectivity index (χ0) is 11.2. The smallest absolute Gasteiger partial charge is 0.137 e. The third-order valence-corrected chi connectivity index (χ3v) is 2.88. The molecule has 2 heterocycles. The zero-order valence-corrected chi connectivity index (χ0v) is 9.56. The van der Waals surface area contributed by atoms with Gasteiger partial charge in [0.15, 0.2) is 0 Å². The number of nitrogens with two attached hydrogens (primary N) is 1. The molecule has 0 aromatic carbocycles. The van der Waals surface area contributed by atoms with E-state index in [4.69, 9.17) is 10.5 Å². The predicted molar refractivity (Wildman–Crippen MR) is 64.4 cm³/mol. The first kappa shape index (κ1) is 11.2. The topological polar surface area (TPSA) is 51.4 Å². The highest BCUT2D eigenvalue weighted by molar-refractivity contribution is 5.31. The Hall–Kier alpha value is -1.29. The van der Waals surface area contributed by atoms with Gasteiger partial charge in [0.1, 0.15) is 18.2 Å². The lowest BCUT2D eigenvalue weighted by Gasteiger charge is -2.26. The minimum absolute atomic E-state index is 0.531. The summed E-state index contributed by atoms with van der Waals surface area (Å²) in [6, 6.07) is 3.62. The maximum atomic E-state index is 5.60. The van der Waals surface area contributed by atoms with Gasteiger partial charge in [-0.2, -0.15) is 0 Å². The molecule has 16 heavy (non-hydrogen) atoms. The summed E-state index contributed by atoms with van der Waals surface area (Å²) >= 11 is 0. The Morgan fingerprint density at radius 3 is 2.75 bits per heavy atom. The van der Waals surface area contributed by atoms with Crippen LogP contribution >= 0.6 is 0 Å². The Morgan fingerprint density at radius 1 is 1.25 bits per heavy atom. The van der Waals surface area contributed by atoms with Crippen molar-refractivity contribution in [3.8, 4) is 5.75 Å². The molecule has 0 radical (unpaired) electrons. The molecular weight excluding hydrogens is 202 g/mol. The van der Waals surface area contributed by atoms with E-state index >= 15 is 0 Å². The molecule has 1 aliphatic rings. The van der Waals surface area contributed by atoms with Gasteiger partial charge < -0.3 is 10.5 Å². The van der Waals surface area contributed by atoms with Gasteiger partial charge in [-0.15, -0.1) is 0 Å². The Labute approximate surface area is 96.4 Å². The summed E-state index contributed by atoms with van der Waals surface area (Å²) in [5.41, 5.74) is 5.50. The molecule has 2 N–H and O–H groups in total. The predicted octanol–water partition coefficient (Wildman–Crippen LogP) is 1.53. The highest BCUT2D eigenvalue weighted by atomic mass is 16.5. The molecule has 0 amide bonds. The van der Waals surface area contributed by atoms with Crippen LogP contribution < -0.4 is 10.5 Å². The number of pyridine rings is 1. The summed E-state index contributed by atoms with van der Waals surface area (Å²) in [5, 5.41) is 0. The molecular formula is C12H19N3O. The number of piperidine rings is 1. The second kappa shape index (κ2) is 5.70. The quantitative estimate of drug-likeness (QED) is 0.837. The van der Waals surface area contributed by atoms with Crippen molar-refractivity contribution < 1.29 is 4.74 Å². The number of nitrogen functional groups attached to an aromatic ring is 1. The van der Waals surface area contributed by atoms with Gasteiger partial charge in [-0.25, -0.2) is 4.98 Å². The van der Waals surface area contributed by atoms with Crippen molar-refractivity contribution in [3.05, 3.63) is 18.3 Å². The third kappa shape index (κ3) is 3.38. The summed E-state index contributed by atoms with van der Waals surface area (Å²) in [7, 11) is 0. The number of nitrogens with zero attached hydrogens (tertiary/aromatic N) is 2. The molecule has 0 unspecified atom stereocenters. The Morgan fingerprint density at radius 2 is 2.06 bits per heavy atom. The monoisotopic (exact) mass is 221 g/mol. The summed E-state index contributed by atoms with van der Waals surface area (Å²) in [4.78, 5) is 6.44. The summed E-state index contributed by atoms with van der Waals surface area (Å²) in [6.07, 6.45) is 5.69. The second-order valence-corrected chi connectivity index (χ2v) is 4.17. The van der Waals surface area contributed by atoms with E-state index in [1.807, 2.05) is 6.07 Å². The number of anilines is 1. The molecule has 1 saturated heterocycles. The lowest BCUT2D eigenvalue weighted by atomic mass is 10.1. The lowest BCUT2D eigenvalue weighted by molar-refractivity contribution is 0.183. The van der Waals surface area contributed by atoms with E-state index in [-0.39, 0.29) is 0 Å². The van der Waals surface area contributed by atoms with Crippen LogP contribution in [-0.2, 0) is 0 Å². The average Bonchev–Trinajstić information content (AvgIpc) is 2.33. The fourth-order valence-corrected chi connectivity index (χ4v) is 1.95. The van der Waals surface area contributed by atoms with E-state index in [1.165, 1.54) is 32.4 Å². The highest BCUT2D eigenvalue weighted by Crippen LogP contribution is 2.11. The minimum atomic E-state index is 0.531. The number of ether oxygens (including phenoxy) is 1. The van der Waals surface area contributed by atoms with Crippen molar-refractivity contribution in [2.45, 2.75) is 19.3 Å². The highest BCUT2D eigenvalue weighted by Gasteiger charge is 2.09. The number of likely N-dealkylation sites (tertiary alicyclic amines) is 1. The zero-order valence-electron chi connectivity index (χ0n) is 9.56. The molecule has 4 heteroatoms. The Bertz CT molecular complexity index is 307. The van der Waals surface area contributed by atoms with Crippen LogP contribution in [0.25, 0.3) is 0 Å². The van der Waals surface area contributed by atoms with E-state index in [0.717, 1.165) is 18.9 Å². The van der Waals surface area contributed by atoms with Gasteiger partial charge in [-0.1, -0.05) is 6.42 Å². The summed E-state index contributed by atoms with van der Waals surface area (Å²) in [5.74, 6) is 1.33. The van der Waals surface area contributed by atoms with Crippen molar-refractivity contribution in [1.29, 1.82) is 0 Å².